The highest BCUT2D eigenvalue weighted by Crippen LogP contribution is 2.22. The van der Waals surface area contributed by atoms with E-state index in [1.807, 2.05) is 0 Å². The summed E-state index contributed by atoms with van der Waals surface area (Å²) in [6.45, 7) is -2.65. The second-order valence-electron chi connectivity index (χ2n) is 2.96. The Morgan fingerprint density at radius 1 is 1.20 bits per heavy atom. The molecular weight excluding hydrogens is 202 g/mol. The molecule has 0 spiro atoms. The third kappa shape index (κ3) is 1.78. The van der Waals surface area contributed by atoms with E-state index in [0.29, 0.717) is 15.8 Å². The minimum absolute atomic E-state index is 0.130. The quantitative estimate of drug-likeness (QED) is 0.770. The van der Waals surface area contributed by atoms with Gasteiger partial charge in [-0.25, -0.2) is 0 Å². The first-order valence-electron chi connectivity index (χ1n) is 4.22. The molecular formula is C9H8F2N4. The van der Waals surface area contributed by atoms with Crippen LogP contribution >= 0.6 is 0 Å². The van der Waals surface area contributed by atoms with Gasteiger partial charge < -0.3 is 5.73 Å². The Bertz CT molecular complexity index is 449. The number of nitrogens with two attached hydrogens (primary N) is 1. The number of anilines is 1. The highest BCUT2D eigenvalue weighted by atomic mass is 19.3. The van der Waals surface area contributed by atoms with Gasteiger partial charge in [0.05, 0.1) is 0 Å². The number of aromatic nitrogens is 3. The summed E-state index contributed by atoms with van der Waals surface area (Å²) in [5.74, 6) is 0.130. The van der Waals surface area contributed by atoms with Crippen molar-refractivity contribution in [1.82, 2.24) is 14.8 Å². The molecule has 4 nitrogen and oxygen atoms in total. The summed E-state index contributed by atoms with van der Waals surface area (Å²) in [6, 6.07) is 6.50. The van der Waals surface area contributed by atoms with Gasteiger partial charge in [0.2, 0.25) is 0 Å². The Labute approximate surface area is 84.4 Å². The lowest BCUT2D eigenvalue weighted by atomic mass is 10.2. The number of benzene rings is 1. The summed E-state index contributed by atoms with van der Waals surface area (Å²) in [5, 5.41) is 7.07. The van der Waals surface area contributed by atoms with Crippen LogP contribution in [0.1, 0.15) is 6.55 Å². The number of rotatable bonds is 2. The van der Waals surface area contributed by atoms with Gasteiger partial charge in [-0.05, 0) is 24.3 Å². The van der Waals surface area contributed by atoms with Gasteiger partial charge in [-0.15, -0.1) is 10.2 Å². The van der Waals surface area contributed by atoms with Crippen molar-refractivity contribution in [1.29, 1.82) is 0 Å². The molecule has 0 fully saturated rings. The first-order chi connectivity index (χ1) is 7.18. The van der Waals surface area contributed by atoms with Crippen LogP contribution in [0.5, 0.6) is 0 Å². The zero-order valence-electron chi connectivity index (χ0n) is 7.64. The van der Waals surface area contributed by atoms with E-state index in [1.165, 1.54) is 0 Å². The van der Waals surface area contributed by atoms with Crippen molar-refractivity contribution < 1.29 is 8.78 Å². The average Bonchev–Trinajstić information content (AvgIpc) is 2.67. The van der Waals surface area contributed by atoms with Gasteiger partial charge in [0.1, 0.15) is 6.33 Å². The third-order valence-electron chi connectivity index (χ3n) is 1.95. The predicted molar refractivity (Wildman–Crippen MR) is 51.1 cm³/mol. The van der Waals surface area contributed by atoms with E-state index in [2.05, 4.69) is 10.2 Å². The van der Waals surface area contributed by atoms with Crippen LogP contribution in [0.3, 0.4) is 0 Å². The van der Waals surface area contributed by atoms with Crippen molar-refractivity contribution in [3.8, 4) is 11.4 Å². The second kappa shape index (κ2) is 3.64. The zero-order valence-corrected chi connectivity index (χ0v) is 7.64. The lowest BCUT2D eigenvalue weighted by molar-refractivity contribution is 0.0716. The van der Waals surface area contributed by atoms with Gasteiger partial charge in [-0.1, -0.05) is 0 Å². The molecule has 1 aromatic carbocycles. The summed E-state index contributed by atoms with van der Waals surface area (Å²) in [5.41, 5.74) is 6.62. The number of hydrogen-bond donors (Lipinski definition) is 1. The molecule has 78 valence electrons. The number of nitrogens with zero attached hydrogens (tertiary/aromatic N) is 3. The molecule has 6 heteroatoms. The summed E-state index contributed by atoms with van der Waals surface area (Å²) in [4.78, 5) is 0. The summed E-state index contributed by atoms with van der Waals surface area (Å²) in [7, 11) is 0. The number of nitrogen functional groups attached to an aromatic ring is 1. The number of halogens is 2. The first kappa shape index (κ1) is 9.57. The van der Waals surface area contributed by atoms with E-state index in [4.69, 9.17) is 5.73 Å². The Kier molecular flexibility index (Phi) is 2.32. The lowest BCUT2D eigenvalue weighted by Crippen LogP contribution is -1.99. The Hall–Kier alpha value is -1.98. The minimum atomic E-state index is -2.65. The fourth-order valence-electron chi connectivity index (χ4n) is 1.22. The van der Waals surface area contributed by atoms with Crippen molar-refractivity contribution in [2.75, 3.05) is 5.73 Å². The number of hydrogen-bond acceptors (Lipinski definition) is 3. The van der Waals surface area contributed by atoms with Crippen LogP contribution < -0.4 is 5.73 Å². The molecule has 2 N–H and O–H groups in total. The van der Waals surface area contributed by atoms with Crippen molar-refractivity contribution >= 4 is 5.69 Å². The maximum absolute atomic E-state index is 12.5. The van der Waals surface area contributed by atoms with Gasteiger partial charge in [-0.2, -0.15) is 8.78 Å². The maximum atomic E-state index is 12.5. The highest BCUT2D eigenvalue weighted by molar-refractivity contribution is 5.58. The normalized spacial score (nSPS) is 10.9. The smallest absolute Gasteiger partial charge is 0.321 e. The van der Waals surface area contributed by atoms with Gasteiger partial charge in [0.15, 0.2) is 5.82 Å². The molecule has 0 saturated heterocycles. The first-order valence-corrected chi connectivity index (χ1v) is 4.22. The molecule has 0 radical (unpaired) electrons. The van der Waals surface area contributed by atoms with Crippen molar-refractivity contribution in [2.45, 2.75) is 6.55 Å². The van der Waals surface area contributed by atoms with Crippen LogP contribution in [0.4, 0.5) is 14.5 Å². The predicted octanol–water partition coefficient (Wildman–Crippen LogP) is 1.92. The molecule has 0 aliphatic rings. The Balaban J connectivity index is 2.45. The standard InChI is InChI=1S/C9H8F2N4/c10-9(11)15-5-13-14-8(15)6-1-3-7(12)4-2-6/h1-5,9H,12H2. The van der Waals surface area contributed by atoms with Crippen molar-refractivity contribution in [3.05, 3.63) is 30.6 Å². The number of alkyl halides is 2. The van der Waals surface area contributed by atoms with E-state index >= 15 is 0 Å². The highest BCUT2D eigenvalue weighted by Gasteiger charge is 2.13. The largest absolute Gasteiger partial charge is 0.399 e. The van der Waals surface area contributed by atoms with Crippen LogP contribution in [0.15, 0.2) is 30.6 Å². The molecule has 0 aliphatic carbocycles. The SMILES string of the molecule is Nc1ccc(-c2nncn2C(F)F)cc1. The van der Waals surface area contributed by atoms with Gasteiger partial charge >= 0.3 is 6.55 Å². The average molecular weight is 210 g/mol. The third-order valence-corrected chi connectivity index (χ3v) is 1.95. The van der Waals surface area contributed by atoms with Gasteiger partial charge in [0.25, 0.3) is 0 Å². The van der Waals surface area contributed by atoms with E-state index < -0.39 is 6.55 Å². The molecule has 0 bridgehead atoms. The van der Waals surface area contributed by atoms with Gasteiger partial charge in [0, 0.05) is 11.3 Å². The van der Waals surface area contributed by atoms with Crippen LogP contribution in [0.2, 0.25) is 0 Å². The van der Waals surface area contributed by atoms with E-state index in [-0.39, 0.29) is 5.82 Å². The topological polar surface area (TPSA) is 56.7 Å². The summed E-state index contributed by atoms with van der Waals surface area (Å²) < 4.78 is 25.7. The van der Waals surface area contributed by atoms with Crippen LogP contribution in [-0.2, 0) is 0 Å². The van der Waals surface area contributed by atoms with Gasteiger partial charge in [-0.3, -0.25) is 4.57 Å². The lowest BCUT2D eigenvalue weighted by Gasteiger charge is -2.04. The minimum Gasteiger partial charge on any atom is -0.399 e. The van der Waals surface area contributed by atoms with Crippen molar-refractivity contribution in [2.24, 2.45) is 0 Å². The fourth-order valence-corrected chi connectivity index (χ4v) is 1.22. The van der Waals surface area contributed by atoms with E-state index in [9.17, 15) is 8.78 Å². The molecule has 0 saturated carbocycles. The van der Waals surface area contributed by atoms with E-state index in [0.717, 1.165) is 6.33 Å². The summed E-state index contributed by atoms with van der Waals surface area (Å²) in [6.07, 6.45) is 0.996. The molecule has 0 aliphatic heterocycles. The van der Waals surface area contributed by atoms with Crippen LogP contribution in [0.25, 0.3) is 11.4 Å². The molecule has 0 atom stereocenters. The molecule has 0 amide bonds. The Morgan fingerprint density at radius 3 is 2.47 bits per heavy atom. The molecule has 2 aromatic rings. The van der Waals surface area contributed by atoms with Crippen molar-refractivity contribution in [3.63, 3.8) is 0 Å². The van der Waals surface area contributed by atoms with Crippen LogP contribution in [-0.4, -0.2) is 14.8 Å². The maximum Gasteiger partial charge on any atom is 0.321 e. The second-order valence-corrected chi connectivity index (χ2v) is 2.96. The molecule has 0 unspecified atom stereocenters. The molecule has 2 rings (SSSR count). The fraction of sp³-hybridized carbons (Fsp3) is 0.111. The molecule has 1 aromatic heterocycles. The monoisotopic (exact) mass is 210 g/mol. The molecule has 1 heterocycles. The Morgan fingerprint density at radius 2 is 1.87 bits per heavy atom. The van der Waals surface area contributed by atoms with Crippen LogP contribution in [0, 0.1) is 0 Å². The summed E-state index contributed by atoms with van der Waals surface area (Å²) >= 11 is 0. The molecule has 15 heavy (non-hydrogen) atoms. The zero-order chi connectivity index (χ0) is 10.8. The van der Waals surface area contributed by atoms with E-state index in [1.54, 1.807) is 24.3 Å².